The highest BCUT2D eigenvalue weighted by molar-refractivity contribution is 14.1. The van der Waals surface area contributed by atoms with Gasteiger partial charge in [0.2, 0.25) is 0 Å². The molecule has 4 heteroatoms. The normalized spacial score (nSPS) is 9.50. The second kappa shape index (κ2) is 4.42. The van der Waals surface area contributed by atoms with Crippen LogP contribution in [0, 0.1) is 14.9 Å². The van der Waals surface area contributed by atoms with Crippen LogP contribution >= 0.6 is 22.6 Å². The highest BCUT2D eigenvalue weighted by Crippen LogP contribution is 2.19. The first-order valence-electron chi connectivity index (χ1n) is 4.06. The topological polar surface area (TPSA) is 61.1 Å². The van der Waals surface area contributed by atoms with E-state index in [1.165, 1.54) is 0 Å². The van der Waals surface area contributed by atoms with Gasteiger partial charge in [0.1, 0.15) is 6.07 Å². The number of carbonyl (C=O) groups is 1. The van der Waals surface area contributed by atoms with Gasteiger partial charge in [-0.3, -0.25) is 0 Å². The number of rotatable bonds is 2. The van der Waals surface area contributed by atoms with E-state index in [0.29, 0.717) is 12.0 Å². The van der Waals surface area contributed by atoms with Crippen LogP contribution in [-0.4, -0.2) is 11.1 Å². The van der Waals surface area contributed by atoms with Crippen molar-refractivity contribution in [1.82, 2.24) is 0 Å². The molecule has 0 spiro atoms. The Labute approximate surface area is 95.5 Å². The van der Waals surface area contributed by atoms with Crippen molar-refractivity contribution in [3.8, 4) is 6.07 Å². The maximum Gasteiger partial charge on any atom is 0.337 e. The van der Waals surface area contributed by atoms with Gasteiger partial charge in [0.05, 0.1) is 11.1 Å². The van der Waals surface area contributed by atoms with Crippen molar-refractivity contribution in [1.29, 1.82) is 5.26 Å². The molecule has 0 amide bonds. The van der Waals surface area contributed by atoms with Gasteiger partial charge < -0.3 is 5.11 Å². The first-order valence-corrected chi connectivity index (χ1v) is 5.13. The summed E-state index contributed by atoms with van der Waals surface area (Å²) in [5.41, 5.74) is 1.08. The molecule has 0 fully saturated rings. The monoisotopic (exact) mass is 301 g/mol. The van der Waals surface area contributed by atoms with Gasteiger partial charge in [0.25, 0.3) is 0 Å². The van der Waals surface area contributed by atoms with E-state index in [1.807, 2.05) is 13.0 Å². The molecule has 0 atom stereocenters. The molecule has 0 saturated heterocycles. The van der Waals surface area contributed by atoms with Crippen molar-refractivity contribution in [2.24, 2.45) is 0 Å². The Morgan fingerprint density at radius 3 is 2.71 bits per heavy atom. The number of nitrogens with zero attached hydrogens (tertiary/aromatic N) is 1. The van der Waals surface area contributed by atoms with E-state index in [4.69, 9.17) is 10.4 Å². The number of hydrogen-bond acceptors (Lipinski definition) is 2. The Kier molecular flexibility index (Phi) is 3.47. The maximum atomic E-state index is 10.9. The summed E-state index contributed by atoms with van der Waals surface area (Å²) in [5, 5.41) is 17.7. The van der Waals surface area contributed by atoms with Crippen molar-refractivity contribution < 1.29 is 9.90 Å². The van der Waals surface area contributed by atoms with Gasteiger partial charge in [-0.2, -0.15) is 5.26 Å². The lowest BCUT2D eigenvalue weighted by Gasteiger charge is -2.05. The number of nitriles is 1. The molecule has 1 aromatic carbocycles. The molecule has 72 valence electrons. The zero-order chi connectivity index (χ0) is 10.7. The third-order valence-electron chi connectivity index (χ3n) is 1.90. The van der Waals surface area contributed by atoms with E-state index in [2.05, 4.69) is 22.6 Å². The van der Waals surface area contributed by atoms with Crippen LogP contribution in [-0.2, 0) is 6.42 Å². The van der Waals surface area contributed by atoms with Crippen LogP contribution in [0.4, 0.5) is 0 Å². The Hall–Kier alpha value is -1.09. The number of aromatic carboxylic acids is 1. The molecule has 0 radical (unpaired) electrons. The average molecular weight is 301 g/mol. The van der Waals surface area contributed by atoms with E-state index >= 15 is 0 Å². The number of hydrogen-bond donors (Lipinski definition) is 1. The van der Waals surface area contributed by atoms with Crippen LogP contribution in [0.2, 0.25) is 0 Å². The van der Waals surface area contributed by atoms with Crippen LogP contribution in [0.3, 0.4) is 0 Å². The number of benzene rings is 1. The van der Waals surface area contributed by atoms with Crippen LogP contribution in [0.15, 0.2) is 12.1 Å². The molecule has 3 nitrogen and oxygen atoms in total. The first-order chi connectivity index (χ1) is 6.60. The molecule has 1 rings (SSSR count). The quantitative estimate of drug-likeness (QED) is 0.853. The highest BCUT2D eigenvalue weighted by atomic mass is 127. The van der Waals surface area contributed by atoms with Crippen LogP contribution in [0.5, 0.6) is 0 Å². The van der Waals surface area contributed by atoms with E-state index in [0.717, 1.165) is 3.57 Å². The summed E-state index contributed by atoms with van der Waals surface area (Å²) in [6.45, 7) is 1.87. The lowest BCUT2D eigenvalue weighted by molar-refractivity contribution is 0.0695. The largest absolute Gasteiger partial charge is 0.478 e. The summed E-state index contributed by atoms with van der Waals surface area (Å²) in [4.78, 5) is 10.9. The Morgan fingerprint density at radius 2 is 2.29 bits per heavy atom. The SMILES string of the molecule is CCc1cc(I)cc(C#N)c1C(=O)O. The molecular weight excluding hydrogens is 293 g/mol. The predicted molar refractivity (Wildman–Crippen MR) is 60.2 cm³/mol. The molecule has 0 aliphatic carbocycles. The third kappa shape index (κ3) is 2.04. The number of halogens is 1. The molecule has 0 bridgehead atoms. The molecular formula is C10H8INO2. The second-order valence-electron chi connectivity index (χ2n) is 2.76. The highest BCUT2D eigenvalue weighted by Gasteiger charge is 2.15. The Morgan fingerprint density at radius 1 is 1.64 bits per heavy atom. The lowest BCUT2D eigenvalue weighted by Crippen LogP contribution is -2.05. The standard InChI is InChI=1S/C10H8INO2/c1-2-6-3-8(11)4-7(5-12)9(6)10(13)14/h3-4H,2H2,1H3,(H,13,14). The Bertz CT molecular complexity index is 421. The second-order valence-corrected chi connectivity index (χ2v) is 4.00. The number of aryl methyl sites for hydroxylation is 1. The summed E-state index contributed by atoms with van der Waals surface area (Å²) < 4.78 is 0.890. The predicted octanol–water partition coefficient (Wildman–Crippen LogP) is 2.42. The van der Waals surface area contributed by atoms with Crippen molar-refractivity contribution in [3.63, 3.8) is 0 Å². The van der Waals surface area contributed by atoms with E-state index in [1.54, 1.807) is 12.1 Å². The van der Waals surface area contributed by atoms with Gasteiger partial charge in [-0.1, -0.05) is 6.92 Å². The summed E-state index contributed by atoms with van der Waals surface area (Å²) in [7, 11) is 0. The zero-order valence-electron chi connectivity index (χ0n) is 7.54. The molecule has 0 aromatic heterocycles. The Balaban J connectivity index is 3.50. The van der Waals surface area contributed by atoms with Gasteiger partial charge in [0, 0.05) is 3.57 Å². The maximum absolute atomic E-state index is 10.9. The van der Waals surface area contributed by atoms with Crippen LogP contribution in [0.1, 0.15) is 28.4 Å². The summed E-state index contributed by atoms with van der Waals surface area (Å²) in [6, 6.07) is 5.29. The summed E-state index contributed by atoms with van der Waals surface area (Å²) in [5.74, 6) is -1.03. The summed E-state index contributed by atoms with van der Waals surface area (Å²) >= 11 is 2.07. The van der Waals surface area contributed by atoms with Crippen LogP contribution in [0.25, 0.3) is 0 Å². The van der Waals surface area contributed by atoms with E-state index < -0.39 is 5.97 Å². The average Bonchev–Trinajstić information content (AvgIpc) is 2.15. The fraction of sp³-hybridized carbons (Fsp3) is 0.200. The minimum absolute atomic E-state index is 0.135. The van der Waals surface area contributed by atoms with E-state index in [-0.39, 0.29) is 11.1 Å². The zero-order valence-corrected chi connectivity index (χ0v) is 9.70. The number of carboxylic acid groups (broad SMARTS) is 1. The fourth-order valence-electron chi connectivity index (χ4n) is 1.28. The minimum Gasteiger partial charge on any atom is -0.478 e. The van der Waals surface area contributed by atoms with Gasteiger partial charge in [-0.25, -0.2) is 4.79 Å². The fourth-order valence-corrected chi connectivity index (χ4v) is 1.97. The van der Waals surface area contributed by atoms with Gasteiger partial charge in [-0.15, -0.1) is 0 Å². The van der Waals surface area contributed by atoms with Gasteiger partial charge in [-0.05, 0) is 46.7 Å². The third-order valence-corrected chi connectivity index (χ3v) is 2.52. The lowest BCUT2D eigenvalue weighted by atomic mass is 10.0. The molecule has 1 N–H and O–H groups in total. The summed E-state index contributed by atoms with van der Waals surface area (Å²) in [6.07, 6.45) is 0.618. The molecule has 0 unspecified atom stereocenters. The van der Waals surface area contributed by atoms with E-state index in [9.17, 15) is 4.79 Å². The van der Waals surface area contributed by atoms with Crippen molar-refractivity contribution in [2.75, 3.05) is 0 Å². The van der Waals surface area contributed by atoms with Crippen molar-refractivity contribution >= 4 is 28.6 Å². The van der Waals surface area contributed by atoms with Crippen molar-refractivity contribution in [3.05, 3.63) is 32.4 Å². The molecule has 14 heavy (non-hydrogen) atoms. The van der Waals surface area contributed by atoms with Crippen molar-refractivity contribution in [2.45, 2.75) is 13.3 Å². The number of carboxylic acids is 1. The smallest absolute Gasteiger partial charge is 0.337 e. The molecule has 0 aliphatic rings. The molecule has 0 heterocycles. The molecule has 0 saturated carbocycles. The van der Waals surface area contributed by atoms with Gasteiger partial charge in [0.15, 0.2) is 0 Å². The first kappa shape index (κ1) is 11.0. The molecule has 1 aromatic rings. The minimum atomic E-state index is -1.03. The molecule has 0 aliphatic heterocycles. The van der Waals surface area contributed by atoms with Crippen LogP contribution < -0.4 is 0 Å². The van der Waals surface area contributed by atoms with Gasteiger partial charge >= 0.3 is 5.97 Å².